The molecule has 5 rings (SSSR count). The van der Waals surface area contributed by atoms with Gasteiger partial charge in [0.2, 0.25) is 16.6 Å². The zero-order chi connectivity index (χ0) is 28.0. The Morgan fingerprint density at radius 1 is 1.08 bits per heavy atom. The SMILES string of the molecule is CNc1c(-c2ccc(O)c3c2CC2C[C@H]4[C@H](N(C)C)C(O)=C(C(N)=O)C(=O)[C@@]4(O)C(O)=C2C3=O)c(=O)c1=O. The lowest BCUT2D eigenvalue weighted by Gasteiger charge is -2.50. The summed E-state index contributed by atoms with van der Waals surface area (Å²) in [7, 11) is 4.54. The molecule has 2 aromatic rings. The van der Waals surface area contributed by atoms with Gasteiger partial charge in [-0.2, -0.15) is 0 Å². The van der Waals surface area contributed by atoms with Crippen molar-refractivity contribution < 1.29 is 34.8 Å². The van der Waals surface area contributed by atoms with Crippen LogP contribution in [-0.2, 0) is 16.0 Å². The average Bonchev–Trinajstić information content (AvgIpc) is 2.84. The fourth-order valence-electron chi connectivity index (χ4n) is 6.37. The number of carbonyl (C=O) groups excluding carboxylic acids is 3. The number of ketones is 2. The molecule has 0 aliphatic heterocycles. The maximum Gasteiger partial charge on any atom is 0.255 e. The molecular weight excluding hydrogens is 498 g/mol. The van der Waals surface area contributed by atoms with E-state index in [1.54, 1.807) is 0 Å². The number of hydrogen-bond acceptors (Lipinski definition) is 11. The summed E-state index contributed by atoms with van der Waals surface area (Å²) in [6, 6.07) is 1.49. The van der Waals surface area contributed by atoms with Crippen molar-refractivity contribution in [2.45, 2.75) is 24.5 Å². The maximum absolute atomic E-state index is 13.7. The number of Topliss-reactive ketones (excluding diaryl/α,β-unsaturated/α-hetero) is 2. The summed E-state index contributed by atoms with van der Waals surface area (Å²) in [5.74, 6) is -7.58. The van der Waals surface area contributed by atoms with Crippen LogP contribution in [0.3, 0.4) is 0 Å². The predicted molar refractivity (Wildman–Crippen MR) is 134 cm³/mol. The van der Waals surface area contributed by atoms with Crippen molar-refractivity contribution in [2.24, 2.45) is 17.6 Å². The van der Waals surface area contributed by atoms with Gasteiger partial charge in [0.15, 0.2) is 11.4 Å². The van der Waals surface area contributed by atoms with E-state index in [0.29, 0.717) is 0 Å². The molecule has 0 saturated heterocycles. The third-order valence-electron chi connectivity index (χ3n) is 8.04. The molecule has 3 aliphatic rings. The standard InChI is InChI=1S/C26H25N3O9/c1-28-17-15(21(33)22(17)34)9-4-5-12(30)14-10(9)6-8-7-11-18(29(2)3)20(32)16(25(27)37)24(36)26(11,38)23(35)13(8)19(14)31/h4-5,8,11,18,28,30,32,35,38H,6-7H2,1-3H3,(H2,27,37)/t8?,11-,18-,26-/m0/s1. The number of aliphatic hydroxyl groups excluding tert-OH is 2. The minimum atomic E-state index is -2.74. The lowest BCUT2D eigenvalue weighted by molar-refractivity contribution is -0.148. The lowest BCUT2D eigenvalue weighted by atomic mass is 9.58. The number of allylic oxidation sites excluding steroid dienone is 1. The van der Waals surface area contributed by atoms with Gasteiger partial charge < -0.3 is 31.5 Å². The number of nitrogens with two attached hydrogens (primary N) is 1. The largest absolute Gasteiger partial charge is 0.510 e. The molecule has 0 saturated carbocycles. The number of nitrogens with zero attached hydrogens (tertiary/aromatic N) is 1. The molecule has 0 fully saturated rings. The van der Waals surface area contributed by atoms with Crippen molar-refractivity contribution in [1.82, 2.24) is 4.90 Å². The van der Waals surface area contributed by atoms with E-state index in [-0.39, 0.29) is 46.4 Å². The summed E-state index contributed by atoms with van der Waals surface area (Å²) in [5, 5.41) is 47.0. The van der Waals surface area contributed by atoms with Crippen LogP contribution in [-0.4, -0.2) is 75.6 Å². The molecule has 0 aromatic heterocycles. The quantitative estimate of drug-likeness (QED) is 0.221. The molecule has 0 radical (unpaired) electrons. The van der Waals surface area contributed by atoms with Crippen LogP contribution in [0.4, 0.5) is 5.69 Å². The van der Waals surface area contributed by atoms with Crippen LogP contribution in [0.1, 0.15) is 22.3 Å². The van der Waals surface area contributed by atoms with Gasteiger partial charge in [-0.1, -0.05) is 6.07 Å². The first kappa shape index (κ1) is 25.4. The van der Waals surface area contributed by atoms with E-state index >= 15 is 0 Å². The van der Waals surface area contributed by atoms with Crippen LogP contribution in [0.5, 0.6) is 5.75 Å². The zero-order valence-corrected chi connectivity index (χ0v) is 20.7. The second kappa shape index (κ2) is 8.10. The number of fused-ring (bicyclic) bond motifs is 3. The Labute approximate surface area is 215 Å². The Kier molecular flexibility index (Phi) is 5.41. The molecule has 3 aliphatic carbocycles. The Hall–Kier alpha value is -4.29. The number of aromatic hydroxyl groups is 1. The van der Waals surface area contributed by atoms with Gasteiger partial charge in [0.25, 0.3) is 5.91 Å². The zero-order valence-electron chi connectivity index (χ0n) is 20.7. The van der Waals surface area contributed by atoms with Gasteiger partial charge in [-0.25, -0.2) is 0 Å². The van der Waals surface area contributed by atoms with Crippen LogP contribution >= 0.6 is 0 Å². The summed E-state index contributed by atoms with van der Waals surface area (Å²) in [6.45, 7) is 0. The molecule has 198 valence electrons. The van der Waals surface area contributed by atoms with E-state index in [1.807, 2.05) is 0 Å². The highest BCUT2D eigenvalue weighted by molar-refractivity contribution is 6.25. The fraction of sp³-hybridized carbons (Fsp3) is 0.346. The summed E-state index contributed by atoms with van der Waals surface area (Å²) in [6.07, 6.45) is -0.0914. The first-order valence-electron chi connectivity index (χ1n) is 11.8. The number of phenolic OH excluding ortho intramolecular Hbond substituents is 1. The number of nitrogens with one attached hydrogen (secondary N) is 1. The number of amides is 1. The van der Waals surface area contributed by atoms with E-state index in [0.717, 1.165) is 0 Å². The molecule has 38 heavy (non-hydrogen) atoms. The van der Waals surface area contributed by atoms with E-state index in [4.69, 9.17) is 5.73 Å². The summed E-state index contributed by atoms with van der Waals surface area (Å²) < 4.78 is 0. The minimum absolute atomic E-state index is 0.000235. The van der Waals surface area contributed by atoms with Crippen molar-refractivity contribution in [1.29, 1.82) is 0 Å². The second-order valence-electron chi connectivity index (χ2n) is 10.1. The van der Waals surface area contributed by atoms with Crippen molar-refractivity contribution in [3.63, 3.8) is 0 Å². The van der Waals surface area contributed by atoms with Crippen LogP contribution in [0.2, 0.25) is 0 Å². The van der Waals surface area contributed by atoms with Crippen molar-refractivity contribution in [3.8, 4) is 16.9 Å². The molecule has 2 aromatic carbocycles. The number of primary amides is 1. The topological polar surface area (TPSA) is 208 Å². The van der Waals surface area contributed by atoms with Crippen LogP contribution in [0, 0.1) is 11.8 Å². The van der Waals surface area contributed by atoms with E-state index < -0.39 is 74.7 Å². The maximum atomic E-state index is 13.7. The van der Waals surface area contributed by atoms with Crippen molar-refractivity contribution in [2.75, 3.05) is 26.5 Å². The molecule has 0 heterocycles. The number of hydrogen-bond donors (Lipinski definition) is 6. The van der Waals surface area contributed by atoms with Crippen molar-refractivity contribution >= 4 is 23.2 Å². The first-order valence-corrected chi connectivity index (χ1v) is 11.8. The van der Waals surface area contributed by atoms with Gasteiger partial charge in [0, 0.05) is 18.5 Å². The number of anilines is 1. The lowest BCUT2D eigenvalue weighted by Crippen LogP contribution is -2.63. The summed E-state index contributed by atoms with van der Waals surface area (Å²) in [5.41, 5.74) is 0.350. The third kappa shape index (κ3) is 2.95. The highest BCUT2D eigenvalue weighted by Crippen LogP contribution is 2.53. The van der Waals surface area contributed by atoms with Crippen LogP contribution in [0.15, 0.2) is 44.4 Å². The molecule has 1 unspecified atom stereocenters. The normalized spacial score (nSPS) is 26.9. The van der Waals surface area contributed by atoms with Gasteiger partial charge in [0.05, 0.1) is 22.9 Å². The number of benzene rings is 1. The molecule has 12 nitrogen and oxygen atoms in total. The Balaban J connectivity index is 1.75. The van der Waals surface area contributed by atoms with Gasteiger partial charge >= 0.3 is 0 Å². The molecule has 1 amide bonds. The molecule has 0 bridgehead atoms. The Morgan fingerprint density at radius 2 is 1.74 bits per heavy atom. The van der Waals surface area contributed by atoms with Crippen LogP contribution in [0.25, 0.3) is 11.1 Å². The molecule has 7 N–H and O–H groups in total. The number of aliphatic hydroxyl groups is 3. The first-order chi connectivity index (χ1) is 17.8. The second-order valence-corrected chi connectivity index (χ2v) is 10.1. The molecule has 12 heteroatoms. The van der Waals surface area contributed by atoms with E-state index in [2.05, 4.69) is 5.32 Å². The fourth-order valence-corrected chi connectivity index (χ4v) is 6.37. The number of carbonyl (C=O) groups is 3. The minimum Gasteiger partial charge on any atom is -0.510 e. The number of rotatable bonds is 4. The Bertz CT molecular complexity index is 1610. The molecule has 4 atom stereocenters. The number of phenols is 1. The predicted octanol–water partition coefficient (Wildman–Crippen LogP) is -0.575. The van der Waals surface area contributed by atoms with E-state index in [9.17, 15) is 44.4 Å². The Morgan fingerprint density at radius 3 is 2.32 bits per heavy atom. The smallest absolute Gasteiger partial charge is 0.255 e. The van der Waals surface area contributed by atoms with Gasteiger partial charge in [-0.05, 0) is 50.0 Å². The van der Waals surface area contributed by atoms with Crippen LogP contribution < -0.4 is 21.9 Å². The summed E-state index contributed by atoms with van der Waals surface area (Å²) >= 11 is 0. The monoisotopic (exact) mass is 523 g/mol. The van der Waals surface area contributed by atoms with Gasteiger partial charge in [0.1, 0.15) is 22.8 Å². The summed E-state index contributed by atoms with van der Waals surface area (Å²) in [4.78, 5) is 65.0. The van der Waals surface area contributed by atoms with E-state index in [1.165, 1.54) is 38.2 Å². The number of likely N-dealkylation sites (N-methyl/N-ethyl adjacent to an activating group) is 1. The average molecular weight is 523 g/mol. The van der Waals surface area contributed by atoms with Gasteiger partial charge in [-0.15, -0.1) is 0 Å². The van der Waals surface area contributed by atoms with Crippen molar-refractivity contribution in [3.05, 3.63) is 66.4 Å². The third-order valence-corrected chi connectivity index (χ3v) is 8.04. The molecule has 0 spiro atoms. The highest BCUT2D eigenvalue weighted by Gasteiger charge is 2.63. The molecular formula is C26H25N3O9. The highest BCUT2D eigenvalue weighted by atomic mass is 16.3. The van der Waals surface area contributed by atoms with Gasteiger partial charge in [-0.3, -0.25) is 28.9 Å².